The highest BCUT2D eigenvalue weighted by atomic mass is 16.5. The molecule has 8 nitrogen and oxygen atoms in total. The number of pyridine rings is 1. The van der Waals surface area contributed by atoms with E-state index in [0.717, 1.165) is 16.6 Å². The van der Waals surface area contributed by atoms with Gasteiger partial charge in [0.1, 0.15) is 0 Å². The third kappa shape index (κ3) is 3.43. The van der Waals surface area contributed by atoms with Crippen LogP contribution in [0, 0.1) is 5.92 Å². The van der Waals surface area contributed by atoms with Gasteiger partial charge in [0.15, 0.2) is 5.92 Å². The Labute approximate surface area is 174 Å². The first-order valence-corrected chi connectivity index (χ1v) is 10.0. The van der Waals surface area contributed by atoms with Gasteiger partial charge in [-0.1, -0.05) is 18.2 Å². The van der Waals surface area contributed by atoms with Crippen molar-refractivity contribution in [1.29, 1.82) is 0 Å². The van der Waals surface area contributed by atoms with Gasteiger partial charge >= 0.3 is 5.97 Å². The predicted molar refractivity (Wildman–Crippen MR) is 111 cm³/mol. The lowest BCUT2D eigenvalue weighted by atomic mass is 9.90. The molecule has 0 bridgehead atoms. The number of imidazole rings is 1. The molecule has 30 heavy (non-hydrogen) atoms. The number of benzene rings is 1. The fraction of sp³-hybridized carbons (Fsp3) is 0.364. The number of ether oxygens (including phenoxy) is 2. The van der Waals surface area contributed by atoms with Gasteiger partial charge in [-0.2, -0.15) is 0 Å². The highest BCUT2D eigenvalue weighted by Gasteiger charge is 2.47. The first-order valence-electron chi connectivity index (χ1n) is 10.0. The Morgan fingerprint density at radius 3 is 2.77 bits per heavy atom. The van der Waals surface area contributed by atoms with Crippen LogP contribution in [0.1, 0.15) is 24.9 Å². The average Bonchev–Trinajstić information content (AvgIpc) is 3.14. The van der Waals surface area contributed by atoms with Crippen LogP contribution in [-0.4, -0.2) is 53.3 Å². The number of anilines is 1. The van der Waals surface area contributed by atoms with Crippen molar-refractivity contribution in [3.05, 3.63) is 54.4 Å². The molecule has 1 amide bonds. The summed E-state index contributed by atoms with van der Waals surface area (Å²) < 4.78 is 12.4. The lowest BCUT2D eigenvalue weighted by Gasteiger charge is -2.37. The van der Waals surface area contributed by atoms with Crippen molar-refractivity contribution >= 4 is 28.9 Å². The summed E-state index contributed by atoms with van der Waals surface area (Å²) >= 11 is 0. The molecule has 156 valence electrons. The summed E-state index contributed by atoms with van der Waals surface area (Å²) in [5, 5.41) is 0. The van der Waals surface area contributed by atoms with Crippen molar-refractivity contribution in [2.75, 3.05) is 31.8 Å². The molecule has 3 heterocycles. The molecule has 0 saturated heterocycles. The maximum atomic E-state index is 13.6. The van der Waals surface area contributed by atoms with Crippen LogP contribution < -0.4 is 4.90 Å². The van der Waals surface area contributed by atoms with Gasteiger partial charge in [0, 0.05) is 32.7 Å². The minimum absolute atomic E-state index is 0.198. The summed E-state index contributed by atoms with van der Waals surface area (Å²) in [6.07, 6.45) is 3.97. The van der Waals surface area contributed by atoms with Crippen LogP contribution in [0.3, 0.4) is 0 Å². The van der Waals surface area contributed by atoms with E-state index in [-0.39, 0.29) is 12.5 Å². The minimum Gasteiger partial charge on any atom is -0.465 e. The number of aromatic nitrogens is 3. The number of para-hydroxylation sites is 2. The van der Waals surface area contributed by atoms with E-state index in [1.807, 2.05) is 34.9 Å². The third-order valence-electron chi connectivity index (χ3n) is 5.24. The molecule has 2 atom stereocenters. The highest BCUT2D eigenvalue weighted by Crippen LogP contribution is 2.41. The van der Waals surface area contributed by atoms with Crippen molar-refractivity contribution in [1.82, 2.24) is 14.5 Å². The highest BCUT2D eigenvalue weighted by molar-refractivity contribution is 6.08. The van der Waals surface area contributed by atoms with Crippen LogP contribution in [0.25, 0.3) is 11.0 Å². The Hall–Kier alpha value is -3.26. The molecule has 0 N–H and O–H groups in total. The van der Waals surface area contributed by atoms with Gasteiger partial charge in [0.25, 0.3) is 0 Å². The third-order valence-corrected chi connectivity index (χ3v) is 5.24. The topological polar surface area (TPSA) is 86.5 Å². The lowest BCUT2D eigenvalue weighted by Crippen LogP contribution is -2.50. The average molecular weight is 408 g/mol. The number of methoxy groups -OCH3 is 1. The molecule has 2 aromatic heterocycles. The number of hydrogen-bond acceptors (Lipinski definition) is 6. The van der Waals surface area contributed by atoms with Crippen LogP contribution in [0.15, 0.2) is 48.8 Å². The molecule has 4 rings (SSSR count). The van der Waals surface area contributed by atoms with Gasteiger partial charge in [0.05, 0.1) is 23.7 Å². The summed E-state index contributed by atoms with van der Waals surface area (Å²) in [6, 6.07) is 10.7. The Morgan fingerprint density at radius 1 is 1.20 bits per heavy atom. The van der Waals surface area contributed by atoms with Gasteiger partial charge in [-0.25, -0.2) is 4.98 Å². The van der Waals surface area contributed by atoms with E-state index in [1.54, 1.807) is 37.4 Å². The van der Waals surface area contributed by atoms with Crippen LogP contribution in [-0.2, 0) is 19.1 Å². The van der Waals surface area contributed by atoms with Crippen LogP contribution >= 0.6 is 0 Å². The SMILES string of the molecule is CCOC(=O)[C@H]1C(=O)N(CCCOC)c2nc3ccccc3n2[C@H]1c1cccnc1. The molecule has 0 aliphatic carbocycles. The summed E-state index contributed by atoms with van der Waals surface area (Å²) in [6.45, 7) is 2.83. The van der Waals surface area contributed by atoms with Crippen LogP contribution in [0.2, 0.25) is 0 Å². The number of esters is 1. The lowest BCUT2D eigenvalue weighted by molar-refractivity contribution is -0.153. The zero-order valence-electron chi connectivity index (χ0n) is 17.0. The molecule has 1 aliphatic heterocycles. The molecule has 0 spiro atoms. The second-order valence-corrected chi connectivity index (χ2v) is 7.07. The molecular weight excluding hydrogens is 384 g/mol. The zero-order chi connectivity index (χ0) is 21.1. The zero-order valence-corrected chi connectivity index (χ0v) is 17.0. The molecular formula is C22H24N4O4. The number of carbonyl (C=O) groups is 2. The van der Waals surface area contributed by atoms with Gasteiger partial charge in [-0.05, 0) is 37.1 Å². The molecule has 3 aromatic rings. The minimum atomic E-state index is -1.03. The summed E-state index contributed by atoms with van der Waals surface area (Å²) in [4.78, 5) is 37.1. The van der Waals surface area contributed by atoms with Crippen molar-refractivity contribution in [3.63, 3.8) is 0 Å². The van der Waals surface area contributed by atoms with E-state index in [4.69, 9.17) is 14.5 Å². The molecule has 8 heteroatoms. The van der Waals surface area contributed by atoms with E-state index in [1.165, 1.54) is 0 Å². The maximum Gasteiger partial charge on any atom is 0.321 e. The first-order chi connectivity index (χ1) is 14.7. The largest absolute Gasteiger partial charge is 0.465 e. The van der Waals surface area contributed by atoms with E-state index in [9.17, 15) is 9.59 Å². The van der Waals surface area contributed by atoms with Gasteiger partial charge in [-0.3, -0.25) is 19.5 Å². The standard InChI is InChI=1S/C22H24N4O4/c1-3-30-21(28)18-19(15-8-6-11-23-14-15)26-17-10-5-4-9-16(17)24-22(26)25(20(18)27)12-7-13-29-2/h4-6,8-11,14,18-19H,3,7,12-13H2,1-2H3/t18-,19+/m1/s1. The van der Waals surface area contributed by atoms with E-state index in [2.05, 4.69) is 4.98 Å². The van der Waals surface area contributed by atoms with E-state index in [0.29, 0.717) is 25.5 Å². The second kappa shape index (κ2) is 8.62. The van der Waals surface area contributed by atoms with E-state index >= 15 is 0 Å². The molecule has 0 radical (unpaired) electrons. The molecule has 1 aromatic carbocycles. The van der Waals surface area contributed by atoms with Gasteiger partial charge in [0.2, 0.25) is 11.9 Å². The summed E-state index contributed by atoms with van der Waals surface area (Å²) in [7, 11) is 1.62. The van der Waals surface area contributed by atoms with Crippen molar-refractivity contribution in [3.8, 4) is 0 Å². The fourth-order valence-electron chi connectivity index (χ4n) is 3.98. The van der Waals surface area contributed by atoms with Crippen LogP contribution in [0.4, 0.5) is 5.95 Å². The maximum absolute atomic E-state index is 13.6. The number of carbonyl (C=O) groups excluding carboxylic acids is 2. The monoisotopic (exact) mass is 408 g/mol. The smallest absolute Gasteiger partial charge is 0.321 e. The fourth-order valence-corrected chi connectivity index (χ4v) is 3.98. The molecule has 0 saturated carbocycles. The number of rotatable bonds is 7. The number of nitrogens with zero attached hydrogens (tertiary/aromatic N) is 4. The molecule has 0 unspecified atom stereocenters. The van der Waals surface area contributed by atoms with Crippen molar-refractivity contribution in [2.24, 2.45) is 5.92 Å². The number of hydrogen-bond donors (Lipinski definition) is 0. The van der Waals surface area contributed by atoms with E-state index < -0.39 is 17.9 Å². The van der Waals surface area contributed by atoms with Crippen LogP contribution in [0.5, 0.6) is 0 Å². The quantitative estimate of drug-likeness (QED) is 0.339. The molecule has 0 fully saturated rings. The first kappa shape index (κ1) is 20.0. The van der Waals surface area contributed by atoms with Crippen molar-refractivity contribution in [2.45, 2.75) is 19.4 Å². The Kier molecular flexibility index (Phi) is 5.76. The number of amides is 1. The normalized spacial score (nSPS) is 18.5. The molecule has 1 aliphatic rings. The van der Waals surface area contributed by atoms with Crippen molar-refractivity contribution < 1.29 is 19.1 Å². The Bertz CT molecular complexity index is 1050. The second-order valence-electron chi connectivity index (χ2n) is 7.07. The van der Waals surface area contributed by atoms with Gasteiger partial charge < -0.3 is 14.0 Å². The Morgan fingerprint density at radius 2 is 2.03 bits per heavy atom. The predicted octanol–water partition coefficient (Wildman–Crippen LogP) is 2.58. The summed E-state index contributed by atoms with van der Waals surface area (Å²) in [5.41, 5.74) is 2.36. The summed E-state index contributed by atoms with van der Waals surface area (Å²) in [5.74, 6) is -1.37. The Balaban J connectivity index is 1.93. The van der Waals surface area contributed by atoms with Gasteiger partial charge in [-0.15, -0.1) is 0 Å². The number of fused-ring (bicyclic) bond motifs is 3.